The molecule has 1 atom stereocenters. The van der Waals surface area contributed by atoms with E-state index in [1.807, 2.05) is 11.4 Å². The second kappa shape index (κ2) is 3.98. The van der Waals surface area contributed by atoms with Crippen molar-refractivity contribution < 1.29 is 9.59 Å². The van der Waals surface area contributed by atoms with E-state index in [9.17, 15) is 9.59 Å². The predicted molar refractivity (Wildman–Crippen MR) is 61.6 cm³/mol. The van der Waals surface area contributed by atoms with E-state index in [1.54, 1.807) is 19.0 Å². The molecule has 5 heteroatoms. The lowest BCUT2D eigenvalue weighted by atomic mass is 10.1. The van der Waals surface area contributed by atoms with Gasteiger partial charge in [0, 0.05) is 26.1 Å². The smallest absolute Gasteiger partial charge is 0.236 e. The van der Waals surface area contributed by atoms with Gasteiger partial charge < -0.3 is 4.90 Å². The first kappa shape index (κ1) is 10.7. The fraction of sp³-hybridized carbons (Fsp3) is 0.400. The Morgan fingerprint density at radius 3 is 2.93 bits per heavy atom. The fourth-order valence-electron chi connectivity index (χ4n) is 1.47. The molecule has 0 aromatic carbocycles. The summed E-state index contributed by atoms with van der Waals surface area (Å²) in [6.45, 7) is 0. The maximum atomic E-state index is 11.7. The number of nitrogens with zero attached hydrogens (tertiary/aromatic N) is 1. The highest BCUT2D eigenvalue weighted by Gasteiger charge is 2.32. The number of carbonyl (C=O) groups excluding carboxylic acids is 2. The molecule has 0 N–H and O–H groups in total. The molecule has 0 bridgehead atoms. The Morgan fingerprint density at radius 1 is 1.53 bits per heavy atom. The van der Waals surface area contributed by atoms with Crippen LogP contribution in [0.25, 0.3) is 0 Å². The number of hydrogen-bond donors (Lipinski definition) is 0. The number of fused-ring (bicyclic) bond motifs is 1. The van der Waals surface area contributed by atoms with Crippen molar-refractivity contribution in [2.45, 2.75) is 15.9 Å². The summed E-state index contributed by atoms with van der Waals surface area (Å²) in [5, 5.41) is 1.66. The number of thioether (sulfide) groups is 1. The summed E-state index contributed by atoms with van der Waals surface area (Å²) < 4.78 is 0.978. The predicted octanol–water partition coefficient (Wildman–Crippen LogP) is 1.88. The Kier molecular flexibility index (Phi) is 2.84. The molecule has 1 unspecified atom stereocenters. The molecule has 2 rings (SSSR count). The summed E-state index contributed by atoms with van der Waals surface area (Å²) in [7, 11) is 3.44. The molecule has 80 valence electrons. The van der Waals surface area contributed by atoms with Crippen LogP contribution in [-0.2, 0) is 4.79 Å². The van der Waals surface area contributed by atoms with E-state index in [0.29, 0.717) is 6.42 Å². The van der Waals surface area contributed by atoms with Crippen LogP contribution < -0.4 is 0 Å². The maximum absolute atomic E-state index is 11.7. The second-order valence-corrected chi connectivity index (χ2v) is 5.98. The van der Waals surface area contributed by atoms with Gasteiger partial charge in [0.15, 0.2) is 5.78 Å². The molecular weight excluding hydrogens is 230 g/mol. The van der Waals surface area contributed by atoms with Crippen molar-refractivity contribution in [2.24, 2.45) is 0 Å². The minimum absolute atomic E-state index is 0.0207. The lowest BCUT2D eigenvalue weighted by Crippen LogP contribution is -2.34. The van der Waals surface area contributed by atoms with Gasteiger partial charge in [-0.1, -0.05) is 0 Å². The zero-order chi connectivity index (χ0) is 11.0. The summed E-state index contributed by atoms with van der Waals surface area (Å²) in [6.07, 6.45) is 0.325. The molecule has 0 saturated carbocycles. The Morgan fingerprint density at radius 2 is 2.27 bits per heavy atom. The van der Waals surface area contributed by atoms with Gasteiger partial charge in [-0.3, -0.25) is 9.59 Å². The Hall–Kier alpha value is -0.810. The van der Waals surface area contributed by atoms with Gasteiger partial charge in [0.1, 0.15) is 0 Å². The van der Waals surface area contributed by atoms with Gasteiger partial charge in [-0.15, -0.1) is 23.1 Å². The van der Waals surface area contributed by atoms with Gasteiger partial charge >= 0.3 is 0 Å². The van der Waals surface area contributed by atoms with Gasteiger partial charge in [0.05, 0.1) is 9.46 Å². The first-order chi connectivity index (χ1) is 7.09. The molecule has 15 heavy (non-hydrogen) atoms. The van der Waals surface area contributed by atoms with Crippen LogP contribution in [0.2, 0.25) is 0 Å². The molecule has 1 aliphatic rings. The van der Waals surface area contributed by atoms with Gasteiger partial charge in [-0.2, -0.15) is 0 Å². The number of carbonyl (C=O) groups is 2. The van der Waals surface area contributed by atoms with Crippen LogP contribution >= 0.6 is 23.1 Å². The van der Waals surface area contributed by atoms with E-state index in [1.165, 1.54) is 23.1 Å². The van der Waals surface area contributed by atoms with Crippen molar-refractivity contribution in [3.8, 4) is 0 Å². The standard InChI is InChI=1S/C10H11NO2S2/c1-11(2)9(13)8-5-7(12)6-3-4-14-10(6)15-8/h3-4,8H,5H2,1-2H3. The zero-order valence-electron chi connectivity index (χ0n) is 8.52. The molecule has 0 spiro atoms. The summed E-state index contributed by atoms with van der Waals surface area (Å²) >= 11 is 3.04. The van der Waals surface area contributed by atoms with Crippen molar-refractivity contribution in [3.63, 3.8) is 0 Å². The number of rotatable bonds is 1. The Labute approximate surface area is 96.5 Å². The third-order valence-electron chi connectivity index (χ3n) is 2.27. The zero-order valence-corrected chi connectivity index (χ0v) is 10.2. The number of thiophene rings is 1. The molecule has 0 saturated heterocycles. The number of amides is 1. The van der Waals surface area contributed by atoms with E-state index >= 15 is 0 Å². The fourth-order valence-corrected chi connectivity index (χ4v) is 3.96. The molecule has 0 fully saturated rings. The van der Waals surface area contributed by atoms with Crippen molar-refractivity contribution in [3.05, 3.63) is 17.0 Å². The van der Waals surface area contributed by atoms with Crippen LogP contribution in [0.15, 0.2) is 15.7 Å². The molecule has 2 heterocycles. The first-order valence-electron chi connectivity index (χ1n) is 4.58. The van der Waals surface area contributed by atoms with Crippen molar-refractivity contribution >= 4 is 34.8 Å². The van der Waals surface area contributed by atoms with Crippen LogP contribution in [0.3, 0.4) is 0 Å². The lowest BCUT2D eigenvalue weighted by Gasteiger charge is -2.22. The molecule has 3 nitrogen and oxygen atoms in total. The average molecular weight is 241 g/mol. The van der Waals surface area contributed by atoms with Crippen LogP contribution in [0.4, 0.5) is 0 Å². The lowest BCUT2D eigenvalue weighted by molar-refractivity contribution is -0.128. The van der Waals surface area contributed by atoms with Crippen molar-refractivity contribution in [2.75, 3.05) is 14.1 Å². The first-order valence-corrected chi connectivity index (χ1v) is 6.34. The summed E-state index contributed by atoms with van der Waals surface area (Å²) in [5.41, 5.74) is 0.785. The SMILES string of the molecule is CN(C)C(=O)C1CC(=O)c2ccsc2S1. The molecule has 0 aliphatic carbocycles. The van der Waals surface area contributed by atoms with Gasteiger partial charge in [0.25, 0.3) is 0 Å². The minimum atomic E-state index is -0.237. The van der Waals surface area contributed by atoms with E-state index in [-0.39, 0.29) is 16.9 Å². The highest BCUT2D eigenvalue weighted by Crippen LogP contribution is 2.39. The molecule has 0 radical (unpaired) electrons. The largest absolute Gasteiger partial charge is 0.348 e. The molecule has 1 aromatic rings. The number of hydrogen-bond acceptors (Lipinski definition) is 4. The monoisotopic (exact) mass is 241 g/mol. The topological polar surface area (TPSA) is 37.4 Å². The highest BCUT2D eigenvalue weighted by atomic mass is 32.2. The van der Waals surface area contributed by atoms with Gasteiger partial charge in [-0.05, 0) is 11.4 Å². The average Bonchev–Trinajstić information content (AvgIpc) is 2.64. The van der Waals surface area contributed by atoms with Gasteiger partial charge in [-0.25, -0.2) is 0 Å². The number of ketones is 1. The molecular formula is C10H11NO2S2. The second-order valence-electron chi connectivity index (χ2n) is 3.59. The van der Waals surface area contributed by atoms with Crippen LogP contribution in [0, 0.1) is 0 Å². The molecule has 1 aromatic heterocycles. The molecule has 1 amide bonds. The van der Waals surface area contributed by atoms with Crippen LogP contribution in [0.1, 0.15) is 16.8 Å². The van der Waals surface area contributed by atoms with Gasteiger partial charge in [0.2, 0.25) is 5.91 Å². The Balaban J connectivity index is 2.23. The third-order valence-corrected chi connectivity index (χ3v) is 4.64. The van der Waals surface area contributed by atoms with Crippen molar-refractivity contribution in [1.29, 1.82) is 0 Å². The quantitative estimate of drug-likeness (QED) is 0.753. The third kappa shape index (κ3) is 1.94. The summed E-state index contributed by atoms with van der Waals surface area (Å²) in [4.78, 5) is 25.0. The summed E-state index contributed by atoms with van der Waals surface area (Å²) in [5.74, 6) is 0.109. The van der Waals surface area contributed by atoms with Crippen LogP contribution in [-0.4, -0.2) is 35.9 Å². The molecule has 1 aliphatic heterocycles. The normalized spacial score (nSPS) is 19.9. The Bertz CT molecular complexity index is 411. The van der Waals surface area contributed by atoms with E-state index < -0.39 is 0 Å². The highest BCUT2D eigenvalue weighted by molar-refractivity contribution is 8.02. The minimum Gasteiger partial charge on any atom is -0.348 e. The van der Waals surface area contributed by atoms with E-state index in [2.05, 4.69) is 0 Å². The van der Waals surface area contributed by atoms with E-state index in [4.69, 9.17) is 0 Å². The van der Waals surface area contributed by atoms with E-state index in [0.717, 1.165) is 9.77 Å². The maximum Gasteiger partial charge on any atom is 0.236 e. The van der Waals surface area contributed by atoms with Crippen molar-refractivity contribution in [1.82, 2.24) is 4.90 Å². The number of Topliss-reactive ketones (excluding diaryl/α,β-unsaturated/α-hetero) is 1. The van der Waals surface area contributed by atoms with Crippen LogP contribution in [0.5, 0.6) is 0 Å². The summed E-state index contributed by atoms with van der Waals surface area (Å²) in [6, 6.07) is 1.84.